The van der Waals surface area contributed by atoms with Crippen LogP contribution in [0, 0.1) is 11.7 Å². The summed E-state index contributed by atoms with van der Waals surface area (Å²) in [6, 6.07) is 7.82. The number of halogens is 1. The minimum atomic E-state index is -0.468. The van der Waals surface area contributed by atoms with E-state index in [1.54, 1.807) is 0 Å². The zero-order chi connectivity index (χ0) is 21.1. The number of hydrogen-bond donors (Lipinski definition) is 3. The maximum Gasteiger partial charge on any atom is 0.223 e. The van der Waals surface area contributed by atoms with Crippen molar-refractivity contribution in [3.05, 3.63) is 36.3 Å². The van der Waals surface area contributed by atoms with E-state index in [2.05, 4.69) is 20.2 Å². The number of aromatic nitrogens is 2. The van der Waals surface area contributed by atoms with Gasteiger partial charge in [-0.25, -0.2) is 14.4 Å². The molecule has 160 valence electrons. The van der Waals surface area contributed by atoms with Crippen LogP contribution < -0.4 is 16.0 Å². The molecule has 0 atom stereocenters. The Morgan fingerprint density at radius 2 is 1.90 bits per heavy atom. The van der Waals surface area contributed by atoms with Crippen molar-refractivity contribution in [3.8, 4) is 11.3 Å². The van der Waals surface area contributed by atoms with Crippen LogP contribution in [-0.2, 0) is 4.79 Å². The van der Waals surface area contributed by atoms with Crippen LogP contribution in [0.25, 0.3) is 11.3 Å². The standard InChI is InChI=1S/C22H28FN5O2/c23-19-13-25-22(26-16-6-4-14(5-7-16)21(24)30)27-20(19)15-2-1-3-17(12-15)28-10-8-18(29)9-11-28/h1-3,12-14,16,18,29H,4-11H2,(H2,24,30)(H,25,26,27)/t14-,16-. The second-order valence-electron chi connectivity index (χ2n) is 8.25. The first-order chi connectivity index (χ1) is 14.5. The van der Waals surface area contributed by atoms with Crippen molar-refractivity contribution in [2.24, 2.45) is 11.7 Å². The van der Waals surface area contributed by atoms with E-state index in [-0.39, 0.29) is 29.7 Å². The molecule has 30 heavy (non-hydrogen) atoms. The molecule has 2 fully saturated rings. The highest BCUT2D eigenvalue weighted by molar-refractivity contribution is 5.76. The summed E-state index contributed by atoms with van der Waals surface area (Å²) < 4.78 is 14.5. The molecular formula is C22H28FN5O2. The molecule has 1 aliphatic heterocycles. The minimum Gasteiger partial charge on any atom is -0.393 e. The van der Waals surface area contributed by atoms with Gasteiger partial charge >= 0.3 is 0 Å². The van der Waals surface area contributed by atoms with Gasteiger partial charge in [0, 0.05) is 36.3 Å². The molecule has 2 aromatic rings. The number of nitrogens with zero attached hydrogens (tertiary/aromatic N) is 3. The minimum absolute atomic E-state index is 0.0635. The van der Waals surface area contributed by atoms with Crippen LogP contribution in [0.3, 0.4) is 0 Å². The number of benzene rings is 1. The Morgan fingerprint density at radius 1 is 1.17 bits per heavy atom. The lowest BCUT2D eigenvalue weighted by molar-refractivity contribution is -0.122. The van der Waals surface area contributed by atoms with E-state index in [4.69, 9.17) is 5.73 Å². The highest BCUT2D eigenvalue weighted by Gasteiger charge is 2.25. The molecule has 1 amide bonds. The third-order valence-corrected chi connectivity index (χ3v) is 6.16. The number of aliphatic hydroxyl groups is 1. The van der Waals surface area contributed by atoms with E-state index >= 15 is 0 Å². The van der Waals surface area contributed by atoms with Gasteiger partial charge in [0.15, 0.2) is 5.82 Å². The van der Waals surface area contributed by atoms with Crippen molar-refractivity contribution in [3.63, 3.8) is 0 Å². The van der Waals surface area contributed by atoms with Gasteiger partial charge in [-0.1, -0.05) is 12.1 Å². The molecule has 0 spiro atoms. The summed E-state index contributed by atoms with van der Waals surface area (Å²) in [4.78, 5) is 22.1. The quantitative estimate of drug-likeness (QED) is 0.696. The van der Waals surface area contributed by atoms with Gasteiger partial charge in [0.25, 0.3) is 0 Å². The van der Waals surface area contributed by atoms with Crippen molar-refractivity contribution in [1.82, 2.24) is 9.97 Å². The van der Waals surface area contributed by atoms with Crippen molar-refractivity contribution < 1.29 is 14.3 Å². The Kier molecular flexibility index (Phi) is 6.13. The smallest absolute Gasteiger partial charge is 0.223 e. The zero-order valence-corrected chi connectivity index (χ0v) is 16.9. The maximum absolute atomic E-state index is 14.5. The maximum atomic E-state index is 14.5. The van der Waals surface area contributed by atoms with Crippen molar-refractivity contribution in [2.75, 3.05) is 23.3 Å². The molecule has 8 heteroatoms. The van der Waals surface area contributed by atoms with Gasteiger partial charge in [-0.15, -0.1) is 0 Å². The normalized spacial score (nSPS) is 22.7. The lowest BCUT2D eigenvalue weighted by Gasteiger charge is -2.31. The van der Waals surface area contributed by atoms with Gasteiger partial charge in [-0.05, 0) is 50.7 Å². The molecular weight excluding hydrogens is 385 g/mol. The first kappa shape index (κ1) is 20.5. The number of nitrogens with two attached hydrogens (primary N) is 1. The lowest BCUT2D eigenvalue weighted by Crippen LogP contribution is -2.35. The summed E-state index contributed by atoms with van der Waals surface area (Å²) in [5.41, 5.74) is 7.35. The molecule has 1 aromatic carbocycles. The fourth-order valence-corrected chi connectivity index (χ4v) is 4.32. The third kappa shape index (κ3) is 4.70. The first-order valence-electron chi connectivity index (χ1n) is 10.6. The van der Waals surface area contributed by atoms with Crippen molar-refractivity contribution in [2.45, 2.75) is 50.7 Å². The second kappa shape index (κ2) is 8.95. The number of carbonyl (C=O) groups is 1. The van der Waals surface area contributed by atoms with Gasteiger partial charge in [0.2, 0.25) is 11.9 Å². The van der Waals surface area contributed by atoms with Gasteiger partial charge < -0.3 is 21.1 Å². The lowest BCUT2D eigenvalue weighted by atomic mass is 9.86. The fourth-order valence-electron chi connectivity index (χ4n) is 4.32. The van der Waals surface area contributed by atoms with Gasteiger partial charge in [-0.2, -0.15) is 0 Å². The van der Waals surface area contributed by atoms with Crippen LogP contribution >= 0.6 is 0 Å². The van der Waals surface area contributed by atoms with Crippen molar-refractivity contribution >= 4 is 17.5 Å². The number of nitrogens with one attached hydrogen (secondary N) is 1. The molecule has 4 N–H and O–H groups in total. The van der Waals surface area contributed by atoms with E-state index in [1.807, 2.05) is 24.3 Å². The molecule has 1 saturated carbocycles. The number of piperidine rings is 1. The Labute approximate surface area is 175 Å². The molecule has 4 rings (SSSR count). The van der Waals surface area contributed by atoms with Gasteiger partial charge in [0.05, 0.1) is 12.3 Å². The zero-order valence-electron chi connectivity index (χ0n) is 16.9. The van der Waals surface area contributed by atoms with Crippen LogP contribution in [0.1, 0.15) is 38.5 Å². The Morgan fingerprint density at radius 3 is 2.60 bits per heavy atom. The number of aliphatic hydroxyl groups excluding tert-OH is 1. The summed E-state index contributed by atoms with van der Waals surface area (Å²) >= 11 is 0. The van der Waals surface area contributed by atoms with E-state index in [0.717, 1.165) is 57.3 Å². The van der Waals surface area contributed by atoms with E-state index in [1.165, 1.54) is 6.20 Å². The first-order valence-corrected chi connectivity index (χ1v) is 10.6. The second-order valence-corrected chi connectivity index (χ2v) is 8.25. The van der Waals surface area contributed by atoms with Crippen LogP contribution in [0.15, 0.2) is 30.5 Å². The summed E-state index contributed by atoms with van der Waals surface area (Å²) in [7, 11) is 0. The number of anilines is 2. The average molecular weight is 413 g/mol. The van der Waals surface area contributed by atoms with Crippen LogP contribution in [0.5, 0.6) is 0 Å². The molecule has 1 aliphatic carbocycles. The molecule has 0 bridgehead atoms. The molecule has 1 saturated heterocycles. The summed E-state index contributed by atoms with van der Waals surface area (Å²) in [6.07, 6.45) is 5.52. The highest BCUT2D eigenvalue weighted by atomic mass is 19.1. The molecule has 7 nitrogen and oxygen atoms in total. The van der Waals surface area contributed by atoms with E-state index < -0.39 is 5.82 Å². The third-order valence-electron chi connectivity index (χ3n) is 6.16. The Bertz CT molecular complexity index is 893. The SMILES string of the molecule is NC(=O)[C@H]1CC[C@H](Nc2ncc(F)c(-c3cccc(N4CCC(O)CC4)c3)n2)CC1. The topological polar surface area (TPSA) is 104 Å². The number of carbonyl (C=O) groups excluding carboxylic acids is 1. The van der Waals surface area contributed by atoms with E-state index in [9.17, 15) is 14.3 Å². The number of amides is 1. The fraction of sp³-hybridized carbons (Fsp3) is 0.500. The Balaban J connectivity index is 1.48. The summed E-state index contributed by atoms with van der Waals surface area (Å²) in [6.45, 7) is 1.55. The molecule has 2 aliphatic rings. The monoisotopic (exact) mass is 413 g/mol. The Hall–Kier alpha value is -2.74. The predicted molar refractivity (Wildman–Crippen MR) is 113 cm³/mol. The summed E-state index contributed by atoms with van der Waals surface area (Å²) in [5, 5.41) is 13.0. The molecule has 1 aromatic heterocycles. The van der Waals surface area contributed by atoms with Gasteiger partial charge in [-0.3, -0.25) is 4.79 Å². The van der Waals surface area contributed by atoms with Crippen LogP contribution in [-0.4, -0.2) is 46.2 Å². The van der Waals surface area contributed by atoms with Crippen molar-refractivity contribution in [1.29, 1.82) is 0 Å². The largest absolute Gasteiger partial charge is 0.393 e. The van der Waals surface area contributed by atoms with E-state index in [0.29, 0.717) is 11.5 Å². The van der Waals surface area contributed by atoms with Gasteiger partial charge in [0.1, 0.15) is 5.69 Å². The molecule has 0 radical (unpaired) electrons. The van der Waals surface area contributed by atoms with Crippen LogP contribution in [0.4, 0.5) is 16.0 Å². The molecule has 0 unspecified atom stereocenters. The predicted octanol–water partition coefficient (Wildman–Crippen LogP) is 2.70. The number of primary amides is 1. The highest BCUT2D eigenvalue weighted by Crippen LogP contribution is 2.29. The number of hydrogen-bond acceptors (Lipinski definition) is 6. The number of rotatable bonds is 5. The molecule has 2 heterocycles. The van der Waals surface area contributed by atoms with Crippen LogP contribution in [0.2, 0.25) is 0 Å². The summed E-state index contributed by atoms with van der Waals surface area (Å²) in [5.74, 6) is -0.382. The average Bonchev–Trinajstić information content (AvgIpc) is 2.76.